The smallest absolute Gasteiger partial charge is 0.231 e. The molecule has 19 heavy (non-hydrogen) atoms. The first kappa shape index (κ1) is 11.9. The van der Waals surface area contributed by atoms with E-state index < -0.39 is 0 Å². The maximum Gasteiger partial charge on any atom is 0.231 e. The lowest BCUT2D eigenvalue weighted by Gasteiger charge is -2.11. The first-order valence-electron chi connectivity index (χ1n) is 6.16. The highest BCUT2D eigenvalue weighted by Gasteiger charge is 2.17. The van der Waals surface area contributed by atoms with Crippen LogP contribution in [0.1, 0.15) is 11.1 Å². The van der Waals surface area contributed by atoms with Crippen molar-refractivity contribution >= 4 is 0 Å². The zero-order valence-electron chi connectivity index (χ0n) is 10.5. The van der Waals surface area contributed by atoms with E-state index in [9.17, 15) is 0 Å². The third-order valence-electron chi connectivity index (χ3n) is 3.01. The van der Waals surface area contributed by atoms with Gasteiger partial charge in [0.25, 0.3) is 0 Å². The lowest BCUT2D eigenvalue weighted by molar-refractivity contribution is 0.173. The third kappa shape index (κ3) is 2.48. The van der Waals surface area contributed by atoms with Crippen LogP contribution in [0.5, 0.6) is 17.2 Å². The Morgan fingerprint density at radius 1 is 1.05 bits per heavy atom. The molecule has 0 atom stereocenters. The zero-order chi connectivity index (χ0) is 13.1. The first-order valence-corrected chi connectivity index (χ1v) is 6.16. The molecule has 0 aliphatic carbocycles. The fourth-order valence-corrected chi connectivity index (χ4v) is 1.99. The quantitative estimate of drug-likeness (QED) is 0.914. The molecular formula is C15H15NO3. The van der Waals surface area contributed by atoms with Crippen LogP contribution >= 0.6 is 0 Å². The molecule has 4 nitrogen and oxygen atoms in total. The minimum absolute atomic E-state index is 0.251. The van der Waals surface area contributed by atoms with Crippen molar-refractivity contribution in [2.75, 3.05) is 6.79 Å². The molecule has 1 aliphatic heterocycles. The van der Waals surface area contributed by atoms with Gasteiger partial charge in [-0.1, -0.05) is 30.3 Å². The van der Waals surface area contributed by atoms with Gasteiger partial charge in [0.05, 0.1) is 0 Å². The van der Waals surface area contributed by atoms with Crippen LogP contribution in [0.25, 0.3) is 0 Å². The zero-order valence-corrected chi connectivity index (χ0v) is 10.5. The molecule has 1 heterocycles. The number of rotatable bonds is 4. The van der Waals surface area contributed by atoms with Gasteiger partial charge in [0.1, 0.15) is 12.4 Å². The number of hydrogen-bond acceptors (Lipinski definition) is 4. The second kappa shape index (κ2) is 5.20. The Kier molecular flexibility index (Phi) is 3.25. The summed E-state index contributed by atoms with van der Waals surface area (Å²) in [6.45, 7) is 1.16. The minimum Gasteiger partial charge on any atom is -0.488 e. The molecular weight excluding hydrogens is 242 g/mol. The van der Waals surface area contributed by atoms with Crippen molar-refractivity contribution in [3.05, 3.63) is 53.6 Å². The SMILES string of the molecule is NCc1cc2c(cc1OCc1ccccc1)OCO2. The van der Waals surface area contributed by atoms with Crippen LogP contribution in [0.4, 0.5) is 0 Å². The average molecular weight is 257 g/mol. The molecule has 98 valence electrons. The van der Waals surface area contributed by atoms with Crippen molar-refractivity contribution in [3.8, 4) is 17.2 Å². The summed E-state index contributed by atoms with van der Waals surface area (Å²) in [5.74, 6) is 2.18. The molecule has 1 aliphatic rings. The van der Waals surface area contributed by atoms with Gasteiger partial charge in [-0.15, -0.1) is 0 Å². The first-order chi connectivity index (χ1) is 9.36. The van der Waals surface area contributed by atoms with E-state index in [1.54, 1.807) is 0 Å². The summed E-state index contributed by atoms with van der Waals surface area (Å²) in [4.78, 5) is 0. The Balaban J connectivity index is 1.80. The van der Waals surface area contributed by atoms with Gasteiger partial charge >= 0.3 is 0 Å². The number of nitrogens with two attached hydrogens (primary N) is 1. The lowest BCUT2D eigenvalue weighted by atomic mass is 10.1. The summed E-state index contributed by atoms with van der Waals surface area (Å²) in [5, 5.41) is 0. The Bertz CT molecular complexity index is 569. The van der Waals surface area contributed by atoms with E-state index in [2.05, 4.69) is 0 Å². The van der Waals surface area contributed by atoms with Crippen molar-refractivity contribution in [1.82, 2.24) is 0 Å². The molecule has 0 amide bonds. The van der Waals surface area contributed by atoms with Crippen LogP contribution in [0.3, 0.4) is 0 Å². The van der Waals surface area contributed by atoms with E-state index >= 15 is 0 Å². The molecule has 0 saturated heterocycles. The summed E-state index contributed by atoms with van der Waals surface area (Å²) in [5.41, 5.74) is 7.77. The molecule has 0 saturated carbocycles. The molecule has 4 heteroatoms. The summed E-state index contributed by atoms with van der Waals surface area (Å²) in [7, 11) is 0. The molecule has 0 bridgehead atoms. The van der Waals surface area contributed by atoms with Crippen LogP contribution in [0, 0.1) is 0 Å². The standard InChI is InChI=1S/C15H15NO3/c16-8-12-6-14-15(19-10-18-14)7-13(12)17-9-11-4-2-1-3-5-11/h1-7H,8-10,16H2. The third-order valence-corrected chi connectivity index (χ3v) is 3.01. The fraction of sp³-hybridized carbons (Fsp3) is 0.200. The van der Waals surface area contributed by atoms with Gasteiger partial charge in [-0.25, -0.2) is 0 Å². The monoisotopic (exact) mass is 257 g/mol. The summed E-state index contributed by atoms with van der Waals surface area (Å²) in [6.07, 6.45) is 0. The summed E-state index contributed by atoms with van der Waals surface area (Å²) < 4.78 is 16.5. The molecule has 0 fully saturated rings. The van der Waals surface area contributed by atoms with Crippen molar-refractivity contribution in [3.63, 3.8) is 0 Å². The van der Waals surface area contributed by atoms with Crippen LogP contribution in [0.15, 0.2) is 42.5 Å². The van der Waals surface area contributed by atoms with Crippen LogP contribution in [-0.2, 0) is 13.2 Å². The second-order valence-corrected chi connectivity index (χ2v) is 4.29. The van der Waals surface area contributed by atoms with E-state index in [0.29, 0.717) is 18.9 Å². The maximum atomic E-state index is 5.82. The number of benzene rings is 2. The summed E-state index contributed by atoms with van der Waals surface area (Å²) in [6, 6.07) is 13.7. The van der Waals surface area contributed by atoms with E-state index in [0.717, 1.165) is 22.6 Å². The molecule has 2 aromatic rings. The molecule has 0 aromatic heterocycles. The van der Waals surface area contributed by atoms with E-state index in [1.807, 2.05) is 42.5 Å². The normalized spacial score (nSPS) is 12.5. The molecule has 0 radical (unpaired) electrons. The van der Waals surface area contributed by atoms with Crippen LogP contribution < -0.4 is 19.9 Å². The lowest BCUT2D eigenvalue weighted by Crippen LogP contribution is -2.02. The molecule has 0 unspecified atom stereocenters. The Hall–Kier alpha value is -2.20. The van der Waals surface area contributed by atoms with Crippen molar-refractivity contribution < 1.29 is 14.2 Å². The largest absolute Gasteiger partial charge is 0.488 e. The van der Waals surface area contributed by atoms with E-state index in [-0.39, 0.29) is 6.79 Å². The Labute approximate surface area is 111 Å². The highest BCUT2D eigenvalue weighted by molar-refractivity contribution is 5.51. The van der Waals surface area contributed by atoms with Gasteiger partial charge in [0, 0.05) is 18.2 Å². The van der Waals surface area contributed by atoms with E-state index in [1.165, 1.54) is 0 Å². The summed E-state index contributed by atoms with van der Waals surface area (Å²) >= 11 is 0. The number of hydrogen-bond donors (Lipinski definition) is 1. The number of ether oxygens (including phenoxy) is 3. The van der Waals surface area contributed by atoms with Crippen LogP contribution in [-0.4, -0.2) is 6.79 Å². The van der Waals surface area contributed by atoms with Gasteiger partial charge in [0.2, 0.25) is 6.79 Å². The van der Waals surface area contributed by atoms with Gasteiger partial charge in [-0.2, -0.15) is 0 Å². The predicted molar refractivity (Wildman–Crippen MR) is 71.2 cm³/mol. The maximum absolute atomic E-state index is 5.82. The average Bonchev–Trinajstić information content (AvgIpc) is 2.92. The molecule has 2 N–H and O–H groups in total. The van der Waals surface area contributed by atoms with Crippen molar-refractivity contribution in [2.45, 2.75) is 13.2 Å². The van der Waals surface area contributed by atoms with Crippen molar-refractivity contribution in [2.24, 2.45) is 5.73 Å². The molecule has 3 rings (SSSR count). The molecule has 2 aromatic carbocycles. The van der Waals surface area contributed by atoms with Gasteiger partial charge in [-0.05, 0) is 11.6 Å². The molecule has 0 spiro atoms. The van der Waals surface area contributed by atoms with Gasteiger partial charge in [-0.3, -0.25) is 0 Å². The Morgan fingerprint density at radius 3 is 2.53 bits per heavy atom. The van der Waals surface area contributed by atoms with Crippen LogP contribution in [0.2, 0.25) is 0 Å². The van der Waals surface area contributed by atoms with Gasteiger partial charge in [0.15, 0.2) is 11.5 Å². The van der Waals surface area contributed by atoms with E-state index in [4.69, 9.17) is 19.9 Å². The number of fused-ring (bicyclic) bond motifs is 1. The van der Waals surface area contributed by atoms with Gasteiger partial charge < -0.3 is 19.9 Å². The fourth-order valence-electron chi connectivity index (χ4n) is 1.99. The topological polar surface area (TPSA) is 53.7 Å². The highest BCUT2D eigenvalue weighted by atomic mass is 16.7. The Morgan fingerprint density at radius 2 is 1.79 bits per heavy atom. The highest BCUT2D eigenvalue weighted by Crippen LogP contribution is 2.38. The minimum atomic E-state index is 0.251. The second-order valence-electron chi connectivity index (χ2n) is 4.29. The van der Waals surface area contributed by atoms with Crippen molar-refractivity contribution in [1.29, 1.82) is 0 Å². The predicted octanol–water partition coefficient (Wildman–Crippen LogP) is 2.45.